The Morgan fingerprint density at radius 2 is 1.95 bits per heavy atom. The normalized spacial score (nSPS) is 10.5. The zero-order valence-electron chi connectivity index (χ0n) is 9.55. The molecule has 0 saturated carbocycles. The third-order valence-corrected chi connectivity index (χ3v) is 3.36. The van der Waals surface area contributed by atoms with E-state index in [1.807, 2.05) is 0 Å². The fourth-order valence-electron chi connectivity index (χ4n) is 1.59. The maximum atomic E-state index is 13.6. The van der Waals surface area contributed by atoms with Gasteiger partial charge in [0.1, 0.15) is 17.4 Å². The van der Waals surface area contributed by atoms with Crippen LogP contribution >= 0.6 is 27.5 Å². The molecule has 2 nitrogen and oxygen atoms in total. The Morgan fingerprint density at radius 3 is 2.63 bits per heavy atom. The third-order valence-electron chi connectivity index (χ3n) is 2.50. The number of phenols is 1. The van der Waals surface area contributed by atoms with Crippen LogP contribution in [0, 0.1) is 11.6 Å². The van der Waals surface area contributed by atoms with Gasteiger partial charge in [-0.1, -0.05) is 11.6 Å². The fraction of sp³-hybridized carbons (Fsp3) is 0.0769. The first-order valence-corrected chi connectivity index (χ1v) is 6.50. The summed E-state index contributed by atoms with van der Waals surface area (Å²) in [6, 6.07) is 6.51. The van der Waals surface area contributed by atoms with E-state index < -0.39 is 11.6 Å². The summed E-state index contributed by atoms with van der Waals surface area (Å²) in [5.74, 6) is -1.33. The van der Waals surface area contributed by atoms with Crippen LogP contribution in [0.15, 0.2) is 34.8 Å². The number of phenolic OH excluding ortho intramolecular Hbond substituents is 1. The van der Waals surface area contributed by atoms with E-state index in [0.29, 0.717) is 10.6 Å². The standard InChI is InChI=1S/C13H9BrClF2NO/c14-10-4-9(16)5-11(17)13(10)18-6-7-3-8(15)1-2-12(7)19/h1-5,18-19H,6H2. The second kappa shape index (κ2) is 5.75. The van der Waals surface area contributed by atoms with Crippen LogP contribution in [0.2, 0.25) is 5.02 Å². The number of benzene rings is 2. The van der Waals surface area contributed by atoms with Gasteiger partial charge in [0, 0.05) is 27.7 Å². The number of rotatable bonds is 3. The van der Waals surface area contributed by atoms with Crippen molar-refractivity contribution < 1.29 is 13.9 Å². The van der Waals surface area contributed by atoms with Crippen molar-refractivity contribution in [3.05, 3.63) is 57.0 Å². The molecule has 2 rings (SSSR count). The van der Waals surface area contributed by atoms with Crippen molar-refractivity contribution in [2.75, 3.05) is 5.32 Å². The average Bonchev–Trinajstić information content (AvgIpc) is 2.32. The number of anilines is 1. The summed E-state index contributed by atoms with van der Waals surface area (Å²) in [5, 5.41) is 12.9. The number of halogens is 4. The molecule has 0 aromatic heterocycles. The van der Waals surface area contributed by atoms with Gasteiger partial charge in [0.15, 0.2) is 0 Å². The minimum absolute atomic E-state index is 0.0514. The van der Waals surface area contributed by atoms with Gasteiger partial charge in [-0.05, 0) is 40.2 Å². The first-order valence-electron chi connectivity index (χ1n) is 5.33. The first-order chi connectivity index (χ1) is 8.97. The van der Waals surface area contributed by atoms with E-state index >= 15 is 0 Å². The highest BCUT2D eigenvalue weighted by Crippen LogP contribution is 2.29. The van der Waals surface area contributed by atoms with Crippen molar-refractivity contribution in [1.29, 1.82) is 0 Å². The summed E-state index contributed by atoms with van der Waals surface area (Å²) in [7, 11) is 0. The summed E-state index contributed by atoms with van der Waals surface area (Å²) in [6.45, 7) is 0.160. The maximum Gasteiger partial charge on any atom is 0.150 e. The summed E-state index contributed by atoms with van der Waals surface area (Å²) >= 11 is 8.88. The highest BCUT2D eigenvalue weighted by atomic mass is 79.9. The summed E-state index contributed by atoms with van der Waals surface area (Å²) in [6.07, 6.45) is 0. The van der Waals surface area contributed by atoms with Crippen LogP contribution in [0.1, 0.15) is 5.56 Å². The van der Waals surface area contributed by atoms with Gasteiger partial charge < -0.3 is 10.4 Å². The molecular formula is C13H9BrClF2NO. The van der Waals surface area contributed by atoms with Crippen LogP contribution < -0.4 is 5.32 Å². The largest absolute Gasteiger partial charge is 0.508 e. The Morgan fingerprint density at radius 1 is 1.21 bits per heavy atom. The molecule has 0 heterocycles. The highest BCUT2D eigenvalue weighted by molar-refractivity contribution is 9.10. The zero-order chi connectivity index (χ0) is 14.0. The summed E-state index contributed by atoms with van der Waals surface area (Å²) in [4.78, 5) is 0. The van der Waals surface area contributed by atoms with Crippen molar-refractivity contribution in [1.82, 2.24) is 0 Å². The first kappa shape index (κ1) is 14.1. The van der Waals surface area contributed by atoms with Crippen molar-refractivity contribution in [3.8, 4) is 5.75 Å². The number of nitrogens with one attached hydrogen (secondary N) is 1. The predicted molar refractivity (Wildman–Crippen MR) is 74.5 cm³/mol. The zero-order valence-corrected chi connectivity index (χ0v) is 11.9. The smallest absolute Gasteiger partial charge is 0.150 e. The Balaban J connectivity index is 2.21. The Bertz CT molecular complexity index is 599. The van der Waals surface area contributed by atoms with Crippen LogP contribution in [0.25, 0.3) is 0 Å². The van der Waals surface area contributed by atoms with Gasteiger partial charge in [-0.15, -0.1) is 0 Å². The van der Waals surface area contributed by atoms with Gasteiger partial charge in [0.25, 0.3) is 0 Å². The Hall–Kier alpha value is -1.33. The monoisotopic (exact) mass is 347 g/mol. The lowest BCUT2D eigenvalue weighted by atomic mass is 10.2. The molecule has 0 radical (unpaired) electrons. The molecule has 0 amide bonds. The number of aromatic hydroxyl groups is 1. The highest BCUT2D eigenvalue weighted by Gasteiger charge is 2.10. The molecule has 19 heavy (non-hydrogen) atoms. The maximum absolute atomic E-state index is 13.6. The fourth-order valence-corrected chi connectivity index (χ4v) is 2.33. The predicted octanol–water partition coefficient (Wildman–Crippen LogP) is 4.70. The molecule has 2 N–H and O–H groups in total. The Labute approximate surface area is 122 Å². The third kappa shape index (κ3) is 3.36. The summed E-state index contributed by atoms with van der Waals surface area (Å²) < 4.78 is 26.8. The lowest BCUT2D eigenvalue weighted by Crippen LogP contribution is -2.03. The molecule has 0 unspecified atom stereocenters. The van der Waals surface area contributed by atoms with Crippen LogP contribution in [0.5, 0.6) is 5.75 Å². The molecule has 2 aromatic rings. The van der Waals surface area contributed by atoms with Gasteiger partial charge in [0.05, 0.1) is 5.69 Å². The van der Waals surface area contributed by atoms with Gasteiger partial charge >= 0.3 is 0 Å². The number of hydrogen-bond acceptors (Lipinski definition) is 2. The van der Waals surface area contributed by atoms with Crippen molar-refractivity contribution in [3.63, 3.8) is 0 Å². The molecule has 100 valence electrons. The van der Waals surface area contributed by atoms with Crippen molar-refractivity contribution >= 4 is 33.2 Å². The van der Waals surface area contributed by atoms with Crippen molar-refractivity contribution in [2.24, 2.45) is 0 Å². The molecule has 0 spiro atoms. The molecule has 0 aliphatic rings. The summed E-state index contributed by atoms with van der Waals surface area (Å²) in [5.41, 5.74) is 0.643. The van der Waals surface area contributed by atoms with E-state index in [4.69, 9.17) is 11.6 Å². The minimum atomic E-state index is -0.714. The van der Waals surface area contributed by atoms with Crippen LogP contribution in [-0.2, 0) is 6.54 Å². The van der Waals surface area contributed by atoms with Gasteiger partial charge in [-0.2, -0.15) is 0 Å². The molecule has 0 aliphatic carbocycles. The molecule has 0 bridgehead atoms. The molecule has 0 aliphatic heterocycles. The Kier molecular flexibility index (Phi) is 4.27. The van der Waals surface area contributed by atoms with Crippen LogP contribution in [-0.4, -0.2) is 5.11 Å². The lowest BCUT2D eigenvalue weighted by molar-refractivity contribution is 0.469. The molecule has 6 heteroatoms. The van der Waals surface area contributed by atoms with Gasteiger partial charge in [-0.25, -0.2) is 8.78 Å². The van der Waals surface area contributed by atoms with E-state index in [2.05, 4.69) is 21.2 Å². The van der Waals surface area contributed by atoms with Crippen LogP contribution in [0.4, 0.5) is 14.5 Å². The number of hydrogen-bond donors (Lipinski definition) is 2. The van der Waals surface area contributed by atoms with Crippen LogP contribution in [0.3, 0.4) is 0 Å². The quantitative estimate of drug-likeness (QED) is 0.843. The average molecular weight is 349 g/mol. The molecule has 0 fully saturated rings. The van der Waals surface area contributed by atoms with Gasteiger partial charge in [0.2, 0.25) is 0 Å². The van der Waals surface area contributed by atoms with Crippen molar-refractivity contribution in [2.45, 2.75) is 6.54 Å². The van der Waals surface area contributed by atoms with E-state index in [-0.39, 0.29) is 22.5 Å². The molecule has 0 saturated heterocycles. The topological polar surface area (TPSA) is 32.3 Å². The second-order valence-corrected chi connectivity index (χ2v) is 5.16. The minimum Gasteiger partial charge on any atom is -0.508 e. The van der Waals surface area contributed by atoms with E-state index in [1.165, 1.54) is 6.07 Å². The molecule has 2 aromatic carbocycles. The van der Waals surface area contributed by atoms with E-state index in [9.17, 15) is 13.9 Å². The molecule has 0 atom stereocenters. The SMILES string of the molecule is Oc1ccc(Cl)cc1CNc1c(F)cc(F)cc1Br. The van der Waals surface area contributed by atoms with E-state index in [0.717, 1.165) is 12.1 Å². The lowest BCUT2D eigenvalue weighted by Gasteiger charge is -2.11. The van der Waals surface area contributed by atoms with Gasteiger partial charge in [-0.3, -0.25) is 0 Å². The second-order valence-electron chi connectivity index (χ2n) is 3.87. The molecular weight excluding hydrogens is 340 g/mol. The van der Waals surface area contributed by atoms with E-state index in [1.54, 1.807) is 12.1 Å².